The smallest absolute Gasteiger partial charge is 0.249 e. The Kier molecular flexibility index (Phi) is 3.34. The second kappa shape index (κ2) is 5.20. The van der Waals surface area contributed by atoms with Crippen LogP contribution in [0.1, 0.15) is 54.9 Å². The van der Waals surface area contributed by atoms with Gasteiger partial charge in [-0.3, -0.25) is 9.78 Å². The average Bonchev–Trinajstić information content (AvgIpc) is 2.52. The lowest BCUT2D eigenvalue weighted by atomic mass is 9.59. The zero-order valence-electron chi connectivity index (χ0n) is 13.6. The summed E-state index contributed by atoms with van der Waals surface area (Å²) in [7, 11) is 0. The lowest BCUT2D eigenvalue weighted by Crippen LogP contribution is -2.46. The summed E-state index contributed by atoms with van der Waals surface area (Å²) in [5.74, 6) is -2.46. The van der Waals surface area contributed by atoms with Gasteiger partial charge >= 0.3 is 0 Å². The fourth-order valence-electron chi connectivity index (χ4n) is 4.17. The zero-order valence-corrected chi connectivity index (χ0v) is 13.6. The van der Waals surface area contributed by atoms with Crippen LogP contribution in [0, 0.1) is 5.41 Å². The summed E-state index contributed by atoms with van der Waals surface area (Å²) in [5, 5.41) is 0.941. The number of ketones is 1. The topological polar surface area (TPSA) is 30.0 Å². The van der Waals surface area contributed by atoms with Crippen LogP contribution in [0.5, 0.6) is 0 Å². The van der Waals surface area contributed by atoms with Crippen LogP contribution in [0.4, 0.5) is 8.78 Å². The maximum atomic E-state index is 13.2. The Balaban J connectivity index is 1.67. The van der Waals surface area contributed by atoms with Gasteiger partial charge in [0.1, 0.15) is 0 Å². The molecule has 1 heterocycles. The molecule has 24 heavy (non-hydrogen) atoms. The van der Waals surface area contributed by atoms with Gasteiger partial charge in [-0.2, -0.15) is 0 Å². The van der Waals surface area contributed by atoms with Crippen molar-refractivity contribution >= 4 is 22.3 Å². The molecule has 1 aromatic carbocycles. The zero-order chi connectivity index (χ0) is 16.9. The number of carbonyl (C=O) groups is 1. The minimum atomic E-state index is -2.46. The summed E-state index contributed by atoms with van der Waals surface area (Å²) in [6.45, 7) is 1.53. The molecule has 1 aromatic heterocycles. The van der Waals surface area contributed by atoms with Crippen molar-refractivity contribution < 1.29 is 13.6 Å². The molecular formula is C20H19F2NO. The number of allylic oxidation sites excluding steroid dienone is 2. The molecule has 0 N–H and O–H groups in total. The van der Waals surface area contributed by atoms with Crippen molar-refractivity contribution in [2.45, 2.75) is 45.0 Å². The van der Waals surface area contributed by atoms with Crippen molar-refractivity contribution in [3.63, 3.8) is 0 Å². The first-order chi connectivity index (χ1) is 11.4. The SMILES string of the molecule is CC(=O)c1cnc2c(C3=CCC4(CC3)CC(F)(F)C4)cccc2c1. The summed E-state index contributed by atoms with van der Waals surface area (Å²) in [6, 6.07) is 7.81. The molecule has 0 unspecified atom stereocenters. The van der Waals surface area contributed by atoms with Crippen molar-refractivity contribution in [3.8, 4) is 0 Å². The Labute approximate surface area is 139 Å². The summed E-state index contributed by atoms with van der Waals surface area (Å²) in [4.78, 5) is 16.0. The molecule has 0 saturated heterocycles. The normalized spacial score (nSPS) is 21.4. The van der Waals surface area contributed by atoms with E-state index in [1.54, 1.807) is 6.20 Å². The van der Waals surface area contributed by atoms with Gasteiger partial charge in [-0.1, -0.05) is 24.3 Å². The minimum absolute atomic E-state index is 0.000427. The third kappa shape index (κ3) is 2.54. The van der Waals surface area contributed by atoms with Crippen molar-refractivity contribution in [2.75, 3.05) is 0 Å². The van der Waals surface area contributed by atoms with Gasteiger partial charge in [0.2, 0.25) is 5.92 Å². The minimum Gasteiger partial charge on any atom is -0.294 e. The van der Waals surface area contributed by atoms with Gasteiger partial charge in [0.05, 0.1) is 5.52 Å². The molecule has 0 bridgehead atoms. The van der Waals surface area contributed by atoms with E-state index in [4.69, 9.17) is 0 Å². The van der Waals surface area contributed by atoms with Crippen molar-refractivity contribution in [3.05, 3.63) is 47.7 Å². The maximum absolute atomic E-state index is 13.2. The lowest BCUT2D eigenvalue weighted by molar-refractivity contribution is -0.163. The van der Waals surface area contributed by atoms with E-state index in [1.807, 2.05) is 24.3 Å². The fraction of sp³-hybridized carbons (Fsp3) is 0.400. The number of hydrogen-bond acceptors (Lipinski definition) is 2. The van der Waals surface area contributed by atoms with Crippen LogP contribution in [-0.2, 0) is 0 Å². The molecule has 4 rings (SSSR count). The molecule has 2 aliphatic rings. The molecule has 0 radical (unpaired) electrons. The largest absolute Gasteiger partial charge is 0.294 e. The Morgan fingerprint density at radius 2 is 2.04 bits per heavy atom. The molecule has 0 aliphatic heterocycles. The van der Waals surface area contributed by atoms with E-state index in [0.29, 0.717) is 5.56 Å². The first-order valence-corrected chi connectivity index (χ1v) is 8.35. The number of para-hydroxylation sites is 1. The maximum Gasteiger partial charge on any atom is 0.249 e. The number of benzene rings is 1. The van der Waals surface area contributed by atoms with Crippen LogP contribution in [0.25, 0.3) is 16.5 Å². The average molecular weight is 327 g/mol. The Bertz CT molecular complexity index is 861. The van der Waals surface area contributed by atoms with Crippen molar-refractivity contribution in [1.82, 2.24) is 4.98 Å². The fourth-order valence-corrected chi connectivity index (χ4v) is 4.17. The van der Waals surface area contributed by atoms with Crippen molar-refractivity contribution in [1.29, 1.82) is 0 Å². The number of Topliss-reactive ketones (excluding diaryl/α,β-unsaturated/α-hetero) is 1. The molecule has 2 nitrogen and oxygen atoms in total. The van der Waals surface area contributed by atoms with Gasteiger partial charge in [0, 0.05) is 35.6 Å². The molecule has 1 fully saturated rings. The highest BCUT2D eigenvalue weighted by Crippen LogP contribution is 2.59. The number of fused-ring (bicyclic) bond motifs is 1. The predicted molar refractivity (Wildman–Crippen MR) is 90.2 cm³/mol. The van der Waals surface area contributed by atoms with Gasteiger partial charge in [0.15, 0.2) is 5.78 Å². The van der Waals surface area contributed by atoms with E-state index >= 15 is 0 Å². The quantitative estimate of drug-likeness (QED) is 0.689. The van der Waals surface area contributed by atoms with E-state index < -0.39 is 5.92 Å². The summed E-state index contributed by atoms with van der Waals surface area (Å²) >= 11 is 0. The number of aromatic nitrogens is 1. The number of halogens is 2. The number of rotatable bonds is 2. The van der Waals surface area contributed by atoms with Crippen LogP contribution in [0.2, 0.25) is 0 Å². The molecule has 0 atom stereocenters. The van der Waals surface area contributed by atoms with E-state index in [0.717, 1.165) is 35.7 Å². The molecule has 1 saturated carbocycles. The molecule has 124 valence electrons. The lowest BCUT2D eigenvalue weighted by Gasteiger charge is -2.49. The predicted octanol–water partition coefficient (Wildman–Crippen LogP) is 5.42. The van der Waals surface area contributed by atoms with Gasteiger partial charge in [-0.25, -0.2) is 8.78 Å². The summed E-state index contributed by atoms with van der Waals surface area (Å²) in [6.07, 6.45) is 6.14. The molecular weight excluding hydrogens is 308 g/mol. The summed E-state index contributed by atoms with van der Waals surface area (Å²) in [5.41, 5.74) is 3.54. The third-order valence-electron chi connectivity index (χ3n) is 5.44. The molecule has 0 amide bonds. The monoisotopic (exact) mass is 327 g/mol. The first kappa shape index (κ1) is 15.4. The molecule has 1 spiro atoms. The number of alkyl halides is 2. The number of carbonyl (C=O) groups excluding carboxylic acids is 1. The van der Waals surface area contributed by atoms with Gasteiger partial charge < -0.3 is 0 Å². The first-order valence-electron chi connectivity index (χ1n) is 8.35. The second-order valence-corrected chi connectivity index (χ2v) is 7.30. The van der Waals surface area contributed by atoms with Crippen molar-refractivity contribution in [2.24, 2.45) is 5.41 Å². The number of pyridine rings is 1. The standard InChI is InChI=1S/C20H19F2NO/c1-13(24)16-9-15-3-2-4-17(18(15)23-10-16)14-5-7-19(8-6-14)11-20(21,22)12-19/h2-5,9-10H,6-8,11-12H2,1H3. The van der Waals surface area contributed by atoms with Crippen LogP contribution < -0.4 is 0 Å². The third-order valence-corrected chi connectivity index (χ3v) is 5.44. The molecule has 2 aliphatic carbocycles. The second-order valence-electron chi connectivity index (χ2n) is 7.30. The van der Waals surface area contributed by atoms with Gasteiger partial charge in [-0.05, 0) is 43.2 Å². The van der Waals surface area contributed by atoms with E-state index in [-0.39, 0.29) is 24.0 Å². The van der Waals surface area contributed by atoms with E-state index in [2.05, 4.69) is 11.1 Å². The number of hydrogen-bond donors (Lipinski definition) is 0. The van der Waals surface area contributed by atoms with Crippen LogP contribution >= 0.6 is 0 Å². The molecule has 4 heteroatoms. The van der Waals surface area contributed by atoms with E-state index in [1.165, 1.54) is 12.5 Å². The van der Waals surface area contributed by atoms with Gasteiger partial charge in [0.25, 0.3) is 0 Å². The Morgan fingerprint density at radius 3 is 2.67 bits per heavy atom. The summed E-state index contributed by atoms with van der Waals surface area (Å²) < 4.78 is 26.5. The Hall–Kier alpha value is -2.10. The highest BCUT2D eigenvalue weighted by Gasteiger charge is 2.55. The van der Waals surface area contributed by atoms with Crippen LogP contribution in [0.15, 0.2) is 36.5 Å². The molecule has 2 aromatic rings. The highest BCUT2D eigenvalue weighted by atomic mass is 19.3. The van der Waals surface area contributed by atoms with E-state index in [9.17, 15) is 13.6 Å². The van der Waals surface area contributed by atoms with Crippen LogP contribution in [-0.4, -0.2) is 16.7 Å². The Morgan fingerprint density at radius 1 is 1.25 bits per heavy atom. The number of nitrogens with zero attached hydrogens (tertiary/aromatic N) is 1. The highest BCUT2D eigenvalue weighted by molar-refractivity contribution is 5.99. The van der Waals surface area contributed by atoms with Gasteiger partial charge in [-0.15, -0.1) is 0 Å². The van der Waals surface area contributed by atoms with Crippen LogP contribution in [0.3, 0.4) is 0 Å².